The highest BCUT2D eigenvalue weighted by atomic mass is 32.1. The van der Waals surface area contributed by atoms with Gasteiger partial charge in [-0.15, -0.1) is 0 Å². The van der Waals surface area contributed by atoms with Gasteiger partial charge in [-0.3, -0.25) is 9.78 Å². The number of nitriles is 1. The van der Waals surface area contributed by atoms with Crippen molar-refractivity contribution in [3.8, 4) is 17.3 Å². The zero-order valence-corrected chi connectivity index (χ0v) is 11.1. The number of nitrogens with zero attached hydrogens (tertiary/aromatic N) is 1. The van der Waals surface area contributed by atoms with Gasteiger partial charge in [-0.1, -0.05) is 36.4 Å². The Morgan fingerprint density at radius 1 is 1.05 bits per heavy atom. The van der Waals surface area contributed by atoms with E-state index in [1.165, 1.54) is 0 Å². The number of hydrogen-bond acceptors (Lipinski definition) is 3. The maximum absolute atomic E-state index is 11.8. The van der Waals surface area contributed by atoms with E-state index in [9.17, 15) is 4.79 Å². The minimum atomic E-state index is -0.473. The van der Waals surface area contributed by atoms with Crippen molar-refractivity contribution in [1.29, 1.82) is 5.26 Å². The number of benzene rings is 2. The van der Waals surface area contributed by atoms with E-state index in [1.54, 1.807) is 0 Å². The summed E-state index contributed by atoms with van der Waals surface area (Å²) in [6.07, 6.45) is 0. The van der Waals surface area contributed by atoms with Crippen molar-refractivity contribution < 1.29 is 0 Å². The van der Waals surface area contributed by atoms with Gasteiger partial charge in [0.25, 0.3) is 5.56 Å². The number of H-pyrrole nitrogens is 2. The van der Waals surface area contributed by atoms with Gasteiger partial charge in [0.05, 0.1) is 5.69 Å². The summed E-state index contributed by atoms with van der Waals surface area (Å²) in [4.78, 5) is 17.1. The fourth-order valence-electron chi connectivity index (χ4n) is 2.15. The van der Waals surface area contributed by atoms with E-state index >= 15 is 0 Å². The van der Waals surface area contributed by atoms with E-state index in [2.05, 4.69) is 9.97 Å². The van der Waals surface area contributed by atoms with Gasteiger partial charge in [-0.05, 0) is 29.1 Å². The van der Waals surface area contributed by atoms with Crippen molar-refractivity contribution in [2.24, 2.45) is 0 Å². The SMILES string of the molecule is N#Cc1c(-c2ccc3ccccc3c2)[nH]c(=S)[nH]c1=O. The maximum atomic E-state index is 11.8. The molecule has 2 N–H and O–H groups in total. The molecule has 0 amide bonds. The summed E-state index contributed by atoms with van der Waals surface area (Å²) in [5, 5.41) is 11.3. The summed E-state index contributed by atoms with van der Waals surface area (Å²) in [5.41, 5.74) is 0.776. The predicted octanol–water partition coefficient (Wildman–Crippen LogP) is 3.12. The molecule has 0 aliphatic heterocycles. The van der Waals surface area contributed by atoms with Gasteiger partial charge >= 0.3 is 0 Å². The Hall–Kier alpha value is -2.71. The quantitative estimate of drug-likeness (QED) is 0.672. The van der Waals surface area contributed by atoms with Crippen LogP contribution in [0.2, 0.25) is 0 Å². The lowest BCUT2D eigenvalue weighted by Crippen LogP contribution is -2.13. The van der Waals surface area contributed by atoms with Crippen molar-refractivity contribution in [2.45, 2.75) is 0 Å². The first-order chi connectivity index (χ1) is 9.69. The summed E-state index contributed by atoms with van der Waals surface area (Å²) in [6, 6.07) is 15.5. The largest absolute Gasteiger partial charge is 0.331 e. The fourth-order valence-corrected chi connectivity index (χ4v) is 2.35. The zero-order valence-electron chi connectivity index (χ0n) is 10.3. The van der Waals surface area contributed by atoms with Gasteiger partial charge in [0.1, 0.15) is 11.6 Å². The van der Waals surface area contributed by atoms with Crippen LogP contribution in [-0.2, 0) is 0 Å². The molecule has 1 heterocycles. The molecule has 0 atom stereocenters. The molecule has 0 fully saturated rings. The molecular weight excluding hydrogens is 270 g/mol. The number of fused-ring (bicyclic) bond motifs is 1. The normalized spacial score (nSPS) is 10.3. The average Bonchev–Trinajstić information content (AvgIpc) is 2.46. The summed E-state index contributed by atoms with van der Waals surface area (Å²) >= 11 is 4.97. The third-order valence-electron chi connectivity index (χ3n) is 3.09. The van der Waals surface area contributed by atoms with E-state index in [4.69, 9.17) is 17.5 Å². The van der Waals surface area contributed by atoms with Crippen LogP contribution in [0.5, 0.6) is 0 Å². The number of rotatable bonds is 1. The Kier molecular flexibility index (Phi) is 2.93. The monoisotopic (exact) mass is 279 g/mol. The summed E-state index contributed by atoms with van der Waals surface area (Å²) in [7, 11) is 0. The lowest BCUT2D eigenvalue weighted by molar-refractivity contribution is 1.08. The van der Waals surface area contributed by atoms with E-state index < -0.39 is 5.56 Å². The van der Waals surface area contributed by atoms with Crippen LogP contribution in [0, 0.1) is 16.1 Å². The standard InChI is InChI=1S/C15H9N3OS/c16-8-12-13(17-15(20)18-14(12)19)11-6-5-9-3-1-2-4-10(9)7-11/h1-7H,(H2,17,18,19,20). The second-order valence-corrected chi connectivity index (χ2v) is 4.74. The average molecular weight is 279 g/mol. The van der Waals surface area contributed by atoms with Crippen molar-refractivity contribution in [3.05, 3.63) is 63.2 Å². The zero-order chi connectivity index (χ0) is 14.1. The second-order valence-electron chi connectivity index (χ2n) is 4.33. The van der Waals surface area contributed by atoms with Gasteiger partial charge < -0.3 is 4.98 Å². The molecule has 3 rings (SSSR count). The Bertz CT molecular complexity index is 963. The number of nitrogens with one attached hydrogen (secondary N) is 2. The molecule has 4 nitrogen and oxygen atoms in total. The van der Waals surface area contributed by atoms with Crippen LogP contribution in [0.1, 0.15) is 5.56 Å². The van der Waals surface area contributed by atoms with Crippen LogP contribution in [0.4, 0.5) is 0 Å². The second kappa shape index (κ2) is 4.76. The molecule has 2 aromatic carbocycles. The number of aromatic amines is 2. The van der Waals surface area contributed by atoms with Crippen LogP contribution >= 0.6 is 12.2 Å². The van der Waals surface area contributed by atoms with Crippen molar-refractivity contribution in [1.82, 2.24) is 9.97 Å². The topological polar surface area (TPSA) is 72.4 Å². The van der Waals surface area contributed by atoms with E-state index in [1.807, 2.05) is 48.5 Å². The fraction of sp³-hybridized carbons (Fsp3) is 0. The molecule has 0 unspecified atom stereocenters. The Balaban J connectivity index is 2.34. The van der Waals surface area contributed by atoms with Crippen molar-refractivity contribution in [2.75, 3.05) is 0 Å². The van der Waals surface area contributed by atoms with Crippen LogP contribution < -0.4 is 5.56 Å². The molecule has 0 radical (unpaired) electrons. The molecule has 0 aliphatic carbocycles. The Morgan fingerprint density at radius 2 is 1.80 bits per heavy atom. The molecule has 0 spiro atoms. The predicted molar refractivity (Wildman–Crippen MR) is 79.9 cm³/mol. The number of aromatic nitrogens is 2. The highest BCUT2D eigenvalue weighted by molar-refractivity contribution is 7.71. The third kappa shape index (κ3) is 2.02. The van der Waals surface area contributed by atoms with Gasteiger partial charge in [-0.2, -0.15) is 5.26 Å². The molecular formula is C15H9N3OS. The third-order valence-corrected chi connectivity index (χ3v) is 3.30. The summed E-state index contributed by atoms with van der Waals surface area (Å²) in [5.74, 6) is 0. The molecule has 0 bridgehead atoms. The molecule has 3 aromatic rings. The lowest BCUT2D eigenvalue weighted by atomic mass is 10.0. The molecule has 0 saturated carbocycles. The molecule has 0 saturated heterocycles. The summed E-state index contributed by atoms with van der Waals surface area (Å²) in [6.45, 7) is 0. The first-order valence-corrected chi connectivity index (χ1v) is 6.36. The molecule has 5 heteroatoms. The van der Waals surface area contributed by atoms with E-state index in [-0.39, 0.29) is 10.3 Å². The van der Waals surface area contributed by atoms with Gasteiger partial charge in [-0.25, -0.2) is 0 Å². The Labute approximate surface area is 119 Å². The molecule has 0 aliphatic rings. The van der Waals surface area contributed by atoms with Crippen LogP contribution in [0.25, 0.3) is 22.0 Å². The highest BCUT2D eigenvalue weighted by Gasteiger charge is 2.10. The molecule has 96 valence electrons. The van der Waals surface area contributed by atoms with Crippen LogP contribution in [-0.4, -0.2) is 9.97 Å². The summed E-state index contributed by atoms with van der Waals surface area (Å²) < 4.78 is 0.206. The molecule has 1 aromatic heterocycles. The minimum Gasteiger partial charge on any atom is -0.331 e. The van der Waals surface area contributed by atoms with Gasteiger partial charge in [0, 0.05) is 5.56 Å². The first kappa shape index (κ1) is 12.3. The van der Waals surface area contributed by atoms with Crippen molar-refractivity contribution in [3.63, 3.8) is 0 Å². The van der Waals surface area contributed by atoms with Crippen LogP contribution in [0.3, 0.4) is 0 Å². The number of hydrogen-bond donors (Lipinski definition) is 2. The maximum Gasteiger partial charge on any atom is 0.270 e. The van der Waals surface area contributed by atoms with Crippen LogP contribution in [0.15, 0.2) is 47.3 Å². The minimum absolute atomic E-state index is 0.0360. The smallest absolute Gasteiger partial charge is 0.270 e. The lowest BCUT2D eigenvalue weighted by Gasteiger charge is -2.05. The first-order valence-electron chi connectivity index (χ1n) is 5.95. The van der Waals surface area contributed by atoms with Gasteiger partial charge in [0.2, 0.25) is 0 Å². The molecule has 20 heavy (non-hydrogen) atoms. The van der Waals surface area contributed by atoms with E-state index in [0.717, 1.165) is 16.3 Å². The Morgan fingerprint density at radius 3 is 2.55 bits per heavy atom. The van der Waals surface area contributed by atoms with Crippen molar-refractivity contribution >= 4 is 23.0 Å². The van der Waals surface area contributed by atoms with Gasteiger partial charge in [0.15, 0.2) is 4.77 Å². The highest BCUT2D eigenvalue weighted by Crippen LogP contribution is 2.23. The van der Waals surface area contributed by atoms with E-state index in [0.29, 0.717) is 5.69 Å².